The van der Waals surface area contributed by atoms with E-state index in [1.54, 1.807) is 17.1 Å². The third-order valence-corrected chi connectivity index (χ3v) is 3.42. The van der Waals surface area contributed by atoms with Crippen LogP contribution >= 0.6 is 27.3 Å². The number of thiazole rings is 1. The molecule has 2 rings (SSSR count). The molecule has 8 heteroatoms. The van der Waals surface area contributed by atoms with Gasteiger partial charge in [0.1, 0.15) is 0 Å². The maximum atomic E-state index is 11.9. The molecule has 0 fully saturated rings. The largest absolute Gasteiger partial charge is 0.396 e. The Hall–Kier alpha value is -1.41. The number of halogens is 1. The summed E-state index contributed by atoms with van der Waals surface area (Å²) < 4.78 is 2.46. The Balaban J connectivity index is 2.16. The number of rotatable bonds is 3. The number of nitrogens with zero attached hydrogens (tertiary/aromatic N) is 3. The first-order chi connectivity index (χ1) is 8.10. The molecule has 0 bridgehead atoms. The highest BCUT2D eigenvalue weighted by Crippen LogP contribution is 2.23. The van der Waals surface area contributed by atoms with E-state index in [-0.39, 0.29) is 11.6 Å². The second-order valence-electron chi connectivity index (χ2n) is 3.21. The number of anilines is 2. The smallest absolute Gasteiger partial charge is 0.280 e. The number of carbonyl (C=O) groups excluding carboxylic acids is 1. The minimum atomic E-state index is -0.350. The van der Waals surface area contributed by atoms with E-state index < -0.39 is 0 Å². The van der Waals surface area contributed by atoms with E-state index in [1.165, 1.54) is 11.3 Å². The van der Waals surface area contributed by atoms with Crippen LogP contribution in [0.5, 0.6) is 0 Å². The van der Waals surface area contributed by atoms with Gasteiger partial charge in [0.15, 0.2) is 10.8 Å². The molecule has 6 nitrogen and oxygen atoms in total. The van der Waals surface area contributed by atoms with Crippen molar-refractivity contribution in [3.05, 3.63) is 21.9 Å². The van der Waals surface area contributed by atoms with Gasteiger partial charge >= 0.3 is 0 Å². The van der Waals surface area contributed by atoms with Crippen molar-refractivity contribution in [2.75, 3.05) is 11.1 Å². The fourth-order valence-corrected chi connectivity index (χ4v) is 2.35. The third-order valence-electron chi connectivity index (χ3n) is 2.03. The Kier molecular flexibility index (Phi) is 3.43. The standard InChI is InChI=1S/C9H10BrN5OS/c1-2-15-4-5(11)7(14-15)8(16)13-9-12-3-6(10)17-9/h3-4H,2,11H2,1H3,(H,12,13,16). The maximum Gasteiger partial charge on any atom is 0.280 e. The molecule has 0 aliphatic carbocycles. The van der Waals surface area contributed by atoms with Gasteiger partial charge in [0.2, 0.25) is 0 Å². The minimum Gasteiger partial charge on any atom is -0.396 e. The number of amides is 1. The van der Waals surface area contributed by atoms with Crippen molar-refractivity contribution in [2.24, 2.45) is 0 Å². The van der Waals surface area contributed by atoms with Gasteiger partial charge < -0.3 is 5.73 Å². The molecule has 0 unspecified atom stereocenters. The van der Waals surface area contributed by atoms with E-state index in [2.05, 4.69) is 31.3 Å². The predicted octanol–water partition coefficient (Wildman–Crippen LogP) is 1.96. The quantitative estimate of drug-likeness (QED) is 0.906. The highest BCUT2D eigenvalue weighted by Gasteiger charge is 2.15. The maximum absolute atomic E-state index is 11.9. The highest BCUT2D eigenvalue weighted by atomic mass is 79.9. The monoisotopic (exact) mass is 315 g/mol. The number of hydrogen-bond acceptors (Lipinski definition) is 5. The van der Waals surface area contributed by atoms with Crippen molar-refractivity contribution >= 4 is 44.0 Å². The van der Waals surface area contributed by atoms with Gasteiger partial charge in [0.25, 0.3) is 5.91 Å². The molecule has 0 atom stereocenters. The van der Waals surface area contributed by atoms with Crippen molar-refractivity contribution in [2.45, 2.75) is 13.5 Å². The van der Waals surface area contributed by atoms with Crippen LogP contribution in [0.25, 0.3) is 0 Å². The van der Waals surface area contributed by atoms with E-state index in [0.29, 0.717) is 17.4 Å². The van der Waals surface area contributed by atoms with Crippen LogP contribution < -0.4 is 11.1 Å². The van der Waals surface area contributed by atoms with Crippen LogP contribution in [0, 0.1) is 0 Å². The van der Waals surface area contributed by atoms with Crippen LogP contribution in [0.15, 0.2) is 16.2 Å². The summed E-state index contributed by atoms with van der Waals surface area (Å²) >= 11 is 4.60. The molecule has 3 N–H and O–H groups in total. The van der Waals surface area contributed by atoms with Crippen molar-refractivity contribution < 1.29 is 4.79 Å². The highest BCUT2D eigenvalue weighted by molar-refractivity contribution is 9.11. The van der Waals surface area contributed by atoms with Crippen LogP contribution in [0.2, 0.25) is 0 Å². The number of nitrogens with one attached hydrogen (secondary N) is 1. The Morgan fingerprint density at radius 1 is 1.71 bits per heavy atom. The van der Waals surface area contributed by atoms with Gasteiger partial charge in [-0.2, -0.15) is 5.10 Å². The fraction of sp³-hybridized carbons (Fsp3) is 0.222. The first-order valence-corrected chi connectivity index (χ1v) is 6.46. The summed E-state index contributed by atoms with van der Waals surface area (Å²) in [6.07, 6.45) is 3.25. The Bertz CT molecular complexity index is 549. The van der Waals surface area contributed by atoms with E-state index in [0.717, 1.165) is 3.79 Å². The average Bonchev–Trinajstić information content (AvgIpc) is 2.85. The zero-order valence-corrected chi connectivity index (χ0v) is 11.4. The van der Waals surface area contributed by atoms with E-state index in [4.69, 9.17) is 5.73 Å². The number of nitrogens with two attached hydrogens (primary N) is 1. The van der Waals surface area contributed by atoms with Crippen LogP contribution in [0.3, 0.4) is 0 Å². The van der Waals surface area contributed by atoms with Crippen LogP contribution in [-0.4, -0.2) is 20.7 Å². The molecule has 17 heavy (non-hydrogen) atoms. The zero-order valence-electron chi connectivity index (χ0n) is 8.98. The van der Waals surface area contributed by atoms with Crippen LogP contribution in [0.1, 0.15) is 17.4 Å². The molecule has 0 aromatic carbocycles. The van der Waals surface area contributed by atoms with Gasteiger partial charge in [0, 0.05) is 12.7 Å². The molecule has 0 aliphatic heterocycles. The van der Waals surface area contributed by atoms with E-state index in [1.807, 2.05) is 6.92 Å². The molecule has 0 saturated heterocycles. The zero-order chi connectivity index (χ0) is 12.4. The van der Waals surface area contributed by atoms with Gasteiger partial charge in [-0.3, -0.25) is 14.8 Å². The molecule has 1 amide bonds. The molecule has 2 aromatic heterocycles. The van der Waals surface area contributed by atoms with Crippen molar-refractivity contribution in [1.29, 1.82) is 0 Å². The lowest BCUT2D eigenvalue weighted by molar-refractivity contribution is 0.102. The van der Waals surface area contributed by atoms with Crippen LogP contribution in [-0.2, 0) is 6.54 Å². The molecule has 2 heterocycles. The van der Waals surface area contributed by atoms with Gasteiger partial charge in [-0.25, -0.2) is 4.98 Å². The molecule has 2 aromatic rings. The number of aromatic nitrogens is 3. The second-order valence-corrected chi connectivity index (χ2v) is 5.62. The molecule has 0 spiro atoms. The summed E-state index contributed by atoms with van der Waals surface area (Å²) in [5.74, 6) is -0.350. The number of aryl methyl sites for hydroxylation is 1. The van der Waals surface area contributed by atoms with E-state index >= 15 is 0 Å². The van der Waals surface area contributed by atoms with Gasteiger partial charge in [-0.05, 0) is 22.9 Å². The SMILES string of the molecule is CCn1cc(N)c(C(=O)Nc2ncc(Br)s2)n1. The Labute approximate surface area is 110 Å². The summed E-state index contributed by atoms with van der Waals surface area (Å²) in [6.45, 7) is 2.59. The molecule has 0 saturated carbocycles. The predicted molar refractivity (Wildman–Crippen MR) is 70.1 cm³/mol. The second kappa shape index (κ2) is 4.84. The summed E-state index contributed by atoms with van der Waals surface area (Å²) in [6, 6.07) is 0. The lowest BCUT2D eigenvalue weighted by Gasteiger charge is -1.98. The topological polar surface area (TPSA) is 85.8 Å². The van der Waals surface area contributed by atoms with Crippen molar-refractivity contribution in [3.8, 4) is 0 Å². The van der Waals surface area contributed by atoms with E-state index in [9.17, 15) is 4.79 Å². The summed E-state index contributed by atoms with van der Waals surface area (Å²) in [5.41, 5.74) is 6.29. The molecule has 0 aliphatic rings. The van der Waals surface area contributed by atoms with Crippen molar-refractivity contribution in [3.63, 3.8) is 0 Å². The first kappa shape index (κ1) is 12.1. The average molecular weight is 316 g/mol. The summed E-state index contributed by atoms with van der Waals surface area (Å²) in [4.78, 5) is 15.9. The van der Waals surface area contributed by atoms with Gasteiger partial charge in [-0.1, -0.05) is 11.3 Å². The first-order valence-electron chi connectivity index (χ1n) is 4.85. The summed E-state index contributed by atoms with van der Waals surface area (Å²) in [5, 5.41) is 7.22. The number of nitrogen functional groups attached to an aromatic ring is 1. The normalized spacial score (nSPS) is 10.5. The van der Waals surface area contributed by atoms with Crippen molar-refractivity contribution in [1.82, 2.24) is 14.8 Å². The molecular weight excluding hydrogens is 306 g/mol. The third kappa shape index (κ3) is 2.64. The Morgan fingerprint density at radius 3 is 3.00 bits per heavy atom. The van der Waals surface area contributed by atoms with Gasteiger partial charge in [0.05, 0.1) is 15.7 Å². The lowest BCUT2D eigenvalue weighted by Crippen LogP contribution is -2.14. The van der Waals surface area contributed by atoms with Gasteiger partial charge in [-0.15, -0.1) is 0 Å². The lowest BCUT2D eigenvalue weighted by atomic mass is 10.3. The fourth-order valence-electron chi connectivity index (χ4n) is 1.24. The molecule has 0 radical (unpaired) electrons. The molecular formula is C9H10BrN5OS. The molecule has 90 valence electrons. The summed E-state index contributed by atoms with van der Waals surface area (Å²) in [7, 11) is 0. The van der Waals surface area contributed by atoms with Crippen LogP contribution in [0.4, 0.5) is 10.8 Å². The number of carbonyl (C=O) groups is 1. The minimum absolute atomic E-state index is 0.221. The number of hydrogen-bond donors (Lipinski definition) is 2. The Morgan fingerprint density at radius 2 is 2.47 bits per heavy atom.